The molecule has 10 nitrogen and oxygen atoms in total. The zero-order valence-corrected chi connectivity index (χ0v) is 10.8. The largest absolute Gasteiger partial charge is 0.367 e. The molecule has 0 radical (unpaired) electrons. The van der Waals surface area contributed by atoms with Crippen LogP contribution >= 0.6 is 0 Å². The van der Waals surface area contributed by atoms with Crippen LogP contribution in [-0.2, 0) is 9.53 Å². The Bertz CT molecular complexity index is 604. The van der Waals surface area contributed by atoms with Gasteiger partial charge in [-0.3, -0.25) is 25.0 Å². The number of nitro benzene ring substituents is 2. The van der Waals surface area contributed by atoms with Crippen molar-refractivity contribution in [1.29, 1.82) is 0 Å². The fraction of sp³-hybridized carbons (Fsp3) is 0.364. The number of nitro groups is 2. The second-order valence-electron chi connectivity index (χ2n) is 4.40. The molecule has 0 spiro atoms. The third-order valence-electron chi connectivity index (χ3n) is 3.09. The Morgan fingerprint density at radius 2 is 2.05 bits per heavy atom. The first-order valence-corrected chi connectivity index (χ1v) is 5.99. The molecule has 1 aliphatic rings. The number of nitrogens with two attached hydrogens (primary N) is 1. The van der Waals surface area contributed by atoms with E-state index in [0.717, 1.165) is 6.07 Å². The lowest BCUT2D eigenvalue weighted by Crippen LogP contribution is -2.48. The average molecular weight is 296 g/mol. The van der Waals surface area contributed by atoms with E-state index in [2.05, 4.69) is 0 Å². The van der Waals surface area contributed by atoms with Crippen molar-refractivity contribution >= 4 is 23.0 Å². The summed E-state index contributed by atoms with van der Waals surface area (Å²) in [6, 6.07) is 3.36. The Morgan fingerprint density at radius 1 is 1.33 bits per heavy atom. The number of anilines is 1. The molecular weight excluding hydrogens is 284 g/mol. The highest BCUT2D eigenvalue weighted by Crippen LogP contribution is 2.32. The number of rotatable bonds is 4. The SMILES string of the molecule is NC(=O)C1CN(c2ccc([N+](=O)[O-])cc2[N+](=O)[O-])CCO1. The molecule has 1 atom stereocenters. The molecular formula is C11H12N4O6. The summed E-state index contributed by atoms with van der Waals surface area (Å²) in [7, 11) is 0. The van der Waals surface area contributed by atoms with E-state index in [1.165, 1.54) is 12.1 Å². The van der Waals surface area contributed by atoms with Gasteiger partial charge in [0.2, 0.25) is 5.91 Å². The van der Waals surface area contributed by atoms with Crippen molar-refractivity contribution in [1.82, 2.24) is 0 Å². The van der Waals surface area contributed by atoms with Gasteiger partial charge in [0.1, 0.15) is 5.69 Å². The lowest BCUT2D eigenvalue weighted by atomic mass is 10.2. The van der Waals surface area contributed by atoms with E-state index in [0.29, 0.717) is 6.54 Å². The lowest BCUT2D eigenvalue weighted by molar-refractivity contribution is -0.393. The van der Waals surface area contributed by atoms with Crippen LogP contribution in [0.1, 0.15) is 0 Å². The second kappa shape index (κ2) is 5.71. The molecule has 1 aromatic carbocycles. The summed E-state index contributed by atoms with van der Waals surface area (Å²) in [5, 5.41) is 21.8. The van der Waals surface area contributed by atoms with Gasteiger partial charge in [-0.1, -0.05) is 0 Å². The molecule has 1 saturated heterocycles. The van der Waals surface area contributed by atoms with Crippen LogP contribution in [0, 0.1) is 20.2 Å². The number of carbonyl (C=O) groups excluding carboxylic acids is 1. The predicted octanol–water partition coefficient (Wildman–Crippen LogP) is 0.193. The minimum Gasteiger partial charge on any atom is -0.367 e. The van der Waals surface area contributed by atoms with Crippen LogP contribution in [0.15, 0.2) is 18.2 Å². The number of non-ortho nitro benzene ring substituents is 1. The number of amides is 1. The molecule has 1 heterocycles. The van der Waals surface area contributed by atoms with E-state index in [9.17, 15) is 25.0 Å². The molecule has 2 rings (SSSR count). The third kappa shape index (κ3) is 3.05. The standard InChI is InChI=1S/C11H12N4O6/c12-11(16)10-6-13(3-4-21-10)8-2-1-7(14(17)18)5-9(8)15(19)20/h1-2,5,10H,3-4,6H2,(H2,12,16). The van der Waals surface area contributed by atoms with Crippen LogP contribution in [0.4, 0.5) is 17.1 Å². The van der Waals surface area contributed by atoms with Crippen LogP contribution < -0.4 is 10.6 Å². The van der Waals surface area contributed by atoms with Gasteiger partial charge in [-0.25, -0.2) is 0 Å². The minimum atomic E-state index is -0.867. The molecule has 21 heavy (non-hydrogen) atoms. The number of carbonyl (C=O) groups is 1. The molecule has 2 N–H and O–H groups in total. The summed E-state index contributed by atoms with van der Waals surface area (Å²) in [5.74, 6) is -0.663. The zero-order valence-electron chi connectivity index (χ0n) is 10.8. The highest BCUT2D eigenvalue weighted by Gasteiger charge is 2.30. The van der Waals surface area contributed by atoms with Crippen LogP contribution in [0.2, 0.25) is 0 Å². The van der Waals surface area contributed by atoms with E-state index in [4.69, 9.17) is 10.5 Å². The quantitative estimate of drug-likeness (QED) is 0.617. The Balaban J connectivity index is 2.36. The fourth-order valence-electron chi connectivity index (χ4n) is 2.08. The number of ether oxygens (including phenoxy) is 1. The maximum absolute atomic E-state index is 11.1. The van der Waals surface area contributed by atoms with Gasteiger partial charge in [-0.05, 0) is 6.07 Å². The molecule has 112 valence electrons. The summed E-state index contributed by atoms with van der Waals surface area (Å²) < 4.78 is 5.16. The summed E-state index contributed by atoms with van der Waals surface area (Å²) in [5.41, 5.74) is 4.59. The van der Waals surface area contributed by atoms with Gasteiger partial charge in [-0.2, -0.15) is 0 Å². The molecule has 1 aromatic rings. The van der Waals surface area contributed by atoms with Crippen molar-refractivity contribution in [3.8, 4) is 0 Å². The van der Waals surface area contributed by atoms with Crippen LogP contribution in [0.25, 0.3) is 0 Å². The van der Waals surface area contributed by atoms with Crippen molar-refractivity contribution in [2.75, 3.05) is 24.6 Å². The molecule has 0 aliphatic carbocycles. The normalized spacial score (nSPS) is 18.3. The van der Waals surface area contributed by atoms with E-state index >= 15 is 0 Å². The molecule has 1 unspecified atom stereocenters. The topological polar surface area (TPSA) is 142 Å². The number of morpholine rings is 1. The monoisotopic (exact) mass is 296 g/mol. The minimum absolute atomic E-state index is 0.0635. The average Bonchev–Trinajstić information content (AvgIpc) is 2.46. The van der Waals surface area contributed by atoms with Gasteiger partial charge in [-0.15, -0.1) is 0 Å². The molecule has 1 amide bonds. The Labute approximate surface area is 118 Å². The number of hydrogen-bond acceptors (Lipinski definition) is 7. The number of benzene rings is 1. The number of primary amides is 1. The molecule has 0 bridgehead atoms. The van der Waals surface area contributed by atoms with E-state index < -0.39 is 27.5 Å². The lowest BCUT2D eigenvalue weighted by Gasteiger charge is -2.32. The second-order valence-corrected chi connectivity index (χ2v) is 4.40. The third-order valence-corrected chi connectivity index (χ3v) is 3.09. The van der Waals surface area contributed by atoms with Crippen molar-refractivity contribution in [3.63, 3.8) is 0 Å². The van der Waals surface area contributed by atoms with Gasteiger partial charge in [0.25, 0.3) is 11.4 Å². The number of nitrogens with zero attached hydrogens (tertiary/aromatic N) is 3. The van der Waals surface area contributed by atoms with Gasteiger partial charge in [0.15, 0.2) is 6.10 Å². The van der Waals surface area contributed by atoms with E-state index in [-0.39, 0.29) is 24.5 Å². The van der Waals surface area contributed by atoms with Crippen molar-refractivity contribution in [3.05, 3.63) is 38.4 Å². The summed E-state index contributed by atoms with van der Waals surface area (Å²) in [6.45, 7) is 0.568. The molecule has 1 aliphatic heterocycles. The maximum atomic E-state index is 11.1. The maximum Gasteiger partial charge on any atom is 0.299 e. The summed E-state index contributed by atoms with van der Waals surface area (Å²) in [6.07, 6.45) is -0.867. The van der Waals surface area contributed by atoms with E-state index in [1.807, 2.05) is 0 Å². The molecule has 0 aromatic heterocycles. The van der Waals surface area contributed by atoms with Crippen molar-refractivity contribution in [2.45, 2.75) is 6.10 Å². The highest BCUT2D eigenvalue weighted by molar-refractivity contribution is 5.80. The molecule has 1 fully saturated rings. The Hall–Kier alpha value is -2.75. The first kappa shape index (κ1) is 14.7. The van der Waals surface area contributed by atoms with Gasteiger partial charge in [0, 0.05) is 12.6 Å². The number of hydrogen-bond donors (Lipinski definition) is 1. The van der Waals surface area contributed by atoms with Gasteiger partial charge < -0.3 is 15.4 Å². The highest BCUT2D eigenvalue weighted by atomic mass is 16.6. The summed E-state index contributed by atoms with van der Waals surface area (Å²) >= 11 is 0. The van der Waals surface area contributed by atoms with Gasteiger partial charge >= 0.3 is 0 Å². The summed E-state index contributed by atoms with van der Waals surface area (Å²) in [4.78, 5) is 33.1. The Kier molecular flexibility index (Phi) is 3.98. The molecule has 0 saturated carbocycles. The van der Waals surface area contributed by atoms with E-state index in [1.54, 1.807) is 4.90 Å². The predicted molar refractivity (Wildman–Crippen MR) is 70.9 cm³/mol. The van der Waals surface area contributed by atoms with Gasteiger partial charge in [0.05, 0.1) is 29.1 Å². The smallest absolute Gasteiger partial charge is 0.299 e. The zero-order chi connectivity index (χ0) is 15.6. The van der Waals surface area contributed by atoms with Crippen molar-refractivity contribution in [2.24, 2.45) is 5.73 Å². The van der Waals surface area contributed by atoms with Crippen LogP contribution in [-0.4, -0.2) is 41.6 Å². The van der Waals surface area contributed by atoms with Crippen molar-refractivity contribution < 1.29 is 19.4 Å². The first-order chi connectivity index (χ1) is 9.90. The van der Waals surface area contributed by atoms with Crippen LogP contribution in [0.3, 0.4) is 0 Å². The fourth-order valence-corrected chi connectivity index (χ4v) is 2.08. The molecule has 10 heteroatoms. The van der Waals surface area contributed by atoms with Crippen LogP contribution in [0.5, 0.6) is 0 Å². The first-order valence-electron chi connectivity index (χ1n) is 5.99. The Morgan fingerprint density at radius 3 is 2.62 bits per heavy atom.